The summed E-state index contributed by atoms with van der Waals surface area (Å²) < 4.78 is 7.34. The molecule has 0 bridgehead atoms. The summed E-state index contributed by atoms with van der Waals surface area (Å²) in [7, 11) is 0. The Morgan fingerprint density at radius 1 is 1.06 bits per heavy atom. The van der Waals surface area contributed by atoms with Crippen molar-refractivity contribution in [1.29, 1.82) is 0 Å². The van der Waals surface area contributed by atoms with E-state index in [1.165, 1.54) is 5.56 Å². The van der Waals surface area contributed by atoms with Crippen molar-refractivity contribution in [3.63, 3.8) is 0 Å². The van der Waals surface area contributed by atoms with Gasteiger partial charge < -0.3 is 14.6 Å². The average Bonchev–Trinajstić information content (AvgIpc) is 3.37. The van der Waals surface area contributed by atoms with Crippen LogP contribution in [0, 0.1) is 13.8 Å². The lowest BCUT2D eigenvalue weighted by Crippen LogP contribution is -2.36. The molecule has 2 heterocycles. The third-order valence-corrected chi connectivity index (χ3v) is 6.36. The first-order valence-corrected chi connectivity index (χ1v) is 11.7. The zero-order chi connectivity index (χ0) is 24.2. The molecule has 1 aromatic heterocycles. The summed E-state index contributed by atoms with van der Waals surface area (Å²) in [6, 6.07) is 16.8. The zero-order valence-corrected chi connectivity index (χ0v) is 20.0. The molecule has 0 saturated carbocycles. The number of thioether (sulfide) groups is 1. The van der Waals surface area contributed by atoms with Crippen LogP contribution in [0.4, 0.5) is 10.5 Å². The van der Waals surface area contributed by atoms with Crippen LogP contribution in [0.3, 0.4) is 0 Å². The number of imide groups is 1. The lowest BCUT2D eigenvalue weighted by molar-refractivity contribution is -0.127. The Morgan fingerprint density at radius 3 is 2.53 bits per heavy atom. The summed E-state index contributed by atoms with van der Waals surface area (Å²) in [4.78, 5) is 39.1. The Balaban J connectivity index is 1.46. The second-order valence-electron chi connectivity index (χ2n) is 7.85. The molecule has 3 amide bonds. The van der Waals surface area contributed by atoms with Gasteiger partial charge in [-0.1, -0.05) is 6.07 Å². The number of amides is 3. The van der Waals surface area contributed by atoms with Gasteiger partial charge in [0, 0.05) is 23.3 Å². The number of nitrogens with one attached hydrogen (secondary N) is 1. The highest BCUT2D eigenvalue weighted by atomic mass is 32.2. The van der Waals surface area contributed by atoms with E-state index in [0.717, 1.165) is 33.6 Å². The van der Waals surface area contributed by atoms with Gasteiger partial charge in [0.25, 0.3) is 11.1 Å². The maximum Gasteiger partial charge on any atom is 0.294 e. The molecule has 4 rings (SSSR count). The van der Waals surface area contributed by atoms with Crippen LogP contribution in [-0.4, -0.2) is 39.7 Å². The van der Waals surface area contributed by atoms with E-state index in [1.807, 2.05) is 48.9 Å². The van der Waals surface area contributed by atoms with Gasteiger partial charge in [0.05, 0.1) is 11.5 Å². The van der Waals surface area contributed by atoms with Gasteiger partial charge in [-0.15, -0.1) is 0 Å². The molecule has 0 radical (unpaired) electrons. The molecule has 8 heteroatoms. The highest BCUT2D eigenvalue weighted by Crippen LogP contribution is 2.32. The Kier molecular flexibility index (Phi) is 6.88. The van der Waals surface area contributed by atoms with Crippen LogP contribution < -0.4 is 10.1 Å². The zero-order valence-electron chi connectivity index (χ0n) is 19.2. The summed E-state index contributed by atoms with van der Waals surface area (Å²) in [6.45, 7) is 6.19. The number of rotatable bonds is 7. The molecular formula is C26H25N3O4S. The highest BCUT2D eigenvalue weighted by molar-refractivity contribution is 8.18. The molecular weight excluding hydrogens is 450 g/mol. The third kappa shape index (κ3) is 5.07. The number of nitrogens with zero attached hydrogens (tertiary/aromatic N) is 2. The Bertz CT molecular complexity index is 1280. The SMILES string of the molecule is CCOc1ccc(NC(=O)CN2C(=O)S/C(=C/c3cccn3-c3ccc(C)c(C)c3)C2=O)cc1. The number of carbonyl (C=O) groups excluding carboxylic acids is 3. The summed E-state index contributed by atoms with van der Waals surface area (Å²) in [5.74, 6) is -0.238. The van der Waals surface area contributed by atoms with E-state index in [2.05, 4.69) is 18.3 Å². The fourth-order valence-electron chi connectivity index (χ4n) is 3.54. The second kappa shape index (κ2) is 10.0. The van der Waals surface area contributed by atoms with Gasteiger partial charge in [-0.05, 0) is 98.3 Å². The maximum absolute atomic E-state index is 12.9. The molecule has 1 fully saturated rings. The van der Waals surface area contributed by atoms with Gasteiger partial charge in [-0.25, -0.2) is 0 Å². The van der Waals surface area contributed by atoms with Crippen molar-refractivity contribution in [2.45, 2.75) is 20.8 Å². The van der Waals surface area contributed by atoms with E-state index in [4.69, 9.17) is 4.74 Å². The van der Waals surface area contributed by atoms with Gasteiger partial charge in [0.2, 0.25) is 5.91 Å². The van der Waals surface area contributed by atoms with Crippen LogP contribution in [-0.2, 0) is 9.59 Å². The topological polar surface area (TPSA) is 80.6 Å². The Morgan fingerprint density at radius 2 is 1.82 bits per heavy atom. The van der Waals surface area contributed by atoms with Crippen molar-refractivity contribution in [2.75, 3.05) is 18.5 Å². The van der Waals surface area contributed by atoms with Gasteiger partial charge in [0.1, 0.15) is 12.3 Å². The third-order valence-electron chi connectivity index (χ3n) is 5.45. The van der Waals surface area contributed by atoms with Crippen LogP contribution in [0.25, 0.3) is 11.8 Å². The van der Waals surface area contributed by atoms with E-state index < -0.39 is 17.1 Å². The molecule has 1 saturated heterocycles. The lowest BCUT2D eigenvalue weighted by Gasteiger charge is -2.13. The van der Waals surface area contributed by atoms with Crippen molar-refractivity contribution >= 4 is 40.6 Å². The Hall–Kier alpha value is -3.78. The van der Waals surface area contributed by atoms with Gasteiger partial charge in [-0.3, -0.25) is 19.3 Å². The summed E-state index contributed by atoms with van der Waals surface area (Å²) in [5.41, 5.74) is 4.65. The first-order chi connectivity index (χ1) is 16.4. The first kappa shape index (κ1) is 23.4. The van der Waals surface area contributed by atoms with Crippen molar-refractivity contribution in [3.05, 3.63) is 82.5 Å². The van der Waals surface area contributed by atoms with Crippen LogP contribution in [0.1, 0.15) is 23.7 Å². The predicted molar refractivity (Wildman–Crippen MR) is 134 cm³/mol. The summed E-state index contributed by atoms with van der Waals surface area (Å²) in [6.07, 6.45) is 3.59. The first-order valence-electron chi connectivity index (χ1n) is 10.9. The van der Waals surface area contributed by atoms with Crippen LogP contribution in [0.2, 0.25) is 0 Å². The van der Waals surface area contributed by atoms with E-state index in [1.54, 1.807) is 30.3 Å². The highest BCUT2D eigenvalue weighted by Gasteiger charge is 2.36. The van der Waals surface area contributed by atoms with Crippen LogP contribution >= 0.6 is 11.8 Å². The number of hydrogen-bond donors (Lipinski definition) is 1. The largest absolute Gasteiger partial charge is 0.494 e. The van der Waals surface area contributed by atoms with Crippen molar-refractivity contribution in [2.24, 2.45) is 0 Å². The number of benzene rings is 2. The van der Waals surface area contributed by atoms with Crippen molar-refractivity contribution in [1.82, 2.24) is 9.47 Å². The molecule has 1 aliphatic heterocycles. The number of aryl methyl sites for hydroxylation is 2. The second-order valence-corrected chi connectivity index (χ2v) is 8.84. The standard InChI is InChI=1S/C26H25N3O4S/c1-4-33-22-11-8-19(9-12-22)27-24(30)16-29-25(31)23(34-26(29)32)15-20-6-5-13-28(20)21-10-7-17(2)18(3)14-21/h5-15H,4,16H2,1-3H3,(H,27,30)/b23-15+. The van der Waals surface area contributed by atoms with Gasteiger partial charge in [-0.2, -0.15) is 0 Å². The molecule has 7 nitrogen and oxygen atoms in total. The fraction of sp³-hybridized carbons (Fsp3) is 0.192. The minimum Gasteiger partial charge on any atom is -0.494 e. The molecule has 34 heavy (non-hydrogen) atoms. The number of hydrogen-bond acceptors (Lipinski definition) is 5. The monoisotopic (exact) mass is 475 g/mol. The molecule has 0 spiro atoms. The fourth-order valence-corrected chi connectivity index (χ4v) is 4.36. The van der Waals surface area contributed by atoms with Gasteiger partial charge >= 0.3 is 0 Å². The summed E-state index contributed by atoms with van der Waals surface area (Å²) >= 11 is 0.834. The smallest absolute Gasteiger partial charge is 0.294 e. The molecule has 0 unspecified atom stereocenters. The maximum atomic E-state index is 12.9. The van der Waals surface area contributed by atoms with E-state index >= 15 is 0 Å². The molecule has 2 aromatic carbocycles. The number of anilines is 1. The van der Waals surface area contributed by atoms with E-state index in [-0.39, 0.29) is 11.4 Å². The van der Waals surface area contributed by atoms with Gasteiger partial charge in [0.15, 0.2) is 0 Å². The molecule has 0 aliphatic carbocycles. The van der Waals surface area contributed by atoms with E-state index in [9.17, 15) is 14.4 Å². The normalized spacial score (nSPS) is 14.7. The molecule has 1 N–H and O–H groups in total. The predicted octanol–water partition coefficient (Wildman–Crippen LogP) is 5.17. The van der Waals surface area contributed by atoms with Crippen LogP contribution in [0.5, 0.6) is 5.75 Å². The Labute approximate surface area is 202 Å². The molecule has 0 atom stereocenters. The van der Waals surface area contributed by atoms with E-state index in [0.29, 0.717) is 18.0 Å². The van der Waals surface area contributed by atoms with Crippen LogP contribution in [0.15, 0.2) is 65.7 Å². The molecule has 174 valence electrons. The lowest BCUT2D eigenvalue weighted by atomic mass is 10.1. The number of carbonyl (C=O) groups is 3. The minimum absolute atomic E-state index is 0.280. The minimum atomic E-state index is -0.482. The molecule has 3 aromatic rings. The molecule has 1 aliphatic rings. The average molecular weight is 476 g/mol. The van der Waals surface area contributed by atoms with Crippen molar-refractivity contribution in [3.8, 4) is 11.4 Å². The number of ether oxygens (including phenoxy) is 1. The quantitative estimate of drug-likeness (QED) is 0.477. The number of aromatic nitrogens is 1. The summed E-state index contributed by atoms with van der Waals surface area (Å²) in [5, 5.41) is 2.24. The van der Waals surface area contributed by atoms with Crippen molar-refractivity contribution < 1.29 is 19.1 Å².